The van der Waals surface area contributed by atoms with Crippen LogP contribution in [0.4, 0.5) is 5.82 Å². The summed E-state index contributed by atoms with van der Waals surface area (Å²) in [7, 11) is -2.81. The van der Waals surface area contributed by atoms with Crippen LogP contribution in [0.25, 0.3) is 11.4 Å². The lowest BCUT2D eigenvalue weighted by Crippen LogP contribution is -2.18. The first-order valence-corrected chi connectivity index (χ1v) is 13.3. The lowest BCUT2D eigenvalue weighted by atomic mass is 10.1. The van der Waals surface area contributed by atoms with Gasteiger partial charge in [-0.25, -0.2) is 9.97 Å². The maximum absolute atomic E-state index is 13.4. The molecular formula is C26H27N5O7S. The topological polar surface area (TPSA) is 166 Å². The molecule has 1 aromatic carbocycles. The summed E-state index contributed by atoms with van der Waals surface area (Å²) in [5.74, 6) is 0.0547. The van der Waals surface area contributed by atoms with Gasteiger partial charge >= 0.3 is 0 Å². The molecule has 0 fully saturated rings. The average Bonchev–Trinajstić information content (AvgIpc) is 2.93. The van der Waals surface area contributed by atoms with Gasteiger partial charge in [0.1, 0.15) is 6.61 Å². The molecule has 39 heavy (non-hydrogen) atoms. The minimum absolute atomic E-state index is 0.0257. The van der Waals surface area contributed by atoms with Gasteiger partial charge in [-0.15, -0.1) is 0 Å². The summed E-state index contributed by atoms with van der Waals surface area (Å²) in [4.78, 5) is 27.3. The minimum Gasteiger partial charge on any atom is -0.493 e. The summed E-state index contributed by atoms with van der Waals surface area (Å²) in [5, 5.41) is 9.14. The van der Waals surface area contributed by atoms with Crippen molar-refractivity contribution in [3.8, 4) is 34.5 Å². The summed E-state index contributed by atoms with van der Waals surface area (Å²) < 4.78 is 46.2. The molecule has 0 radical (unpaired) electrons. The number of ether oxygens (including phenoxy) is 3. The van der Waals surface area contributed by atoms with Gasteiger partial charge in [0.05, 0.1) is 13.7 Å². The smallest absolute Gasteiger partial charge is 0.280 e. The zero-order chi connectivity index (χ0) is 28.0. The molecule has 0 atom stereocenters. The highest BCUT2D eigenvalue weighted by Crippen LogP contribution is 2.41. The Morgan fingerprint density at radius 1 is 1.08 bits per heavy atom. The Morgan fingerprint density at radius 3 is 2.49 bits per heavy atom. The van der Waals surface area contributed by atoms with Crippen LogP contribution in [0.15, 0.2) is 70.7 Å². The Labute approximate surface area is 224 Å². The van der Waals surface area contributed by atoms with Crippen molar-refractivity contribution < 1.29 is 27.7 Å². The van der Waals surface area contributed by atoms with E-state index in [1.54, 1.807) is 30.3 Å². The van der Waals surface area contributed by atoms with E-state index in [0.717, 1.165) is 5.56 Å². The zero-order valence-electron chi connectivity index (χ0n) is 21.4. The number of methoxy groups -OCH3 is 1. The molecule has 3 aromatic heterocycles. The van der Waals surface area contributed by atoms with Gasteiger partial charge in [0.2, 0.25) is 11.3 Å². The first-order valence-electron chi connectivity index (χ1n) is 11.9. The van der Waals surface area contributed by atoms with Gasteiger partial charge in [0.25, 0.3) is 15.9 Å². The molecule has 0 saturated carbocycles. The SMILES string of the molecule is COc1ccccc1Oc1c(NS(=O)(=O)c2ccc(C(C)C)cn2)nc(-c2cc[nH]c(=O)c2)nc1OCCO. The van der Waals surface area contributed by atoms with E-state index in [1.165, 1.54) is 37.7 Å². The zero-order valence-corrected chi connectivity index (χ0v) is 22.2. The van der Waals surface area contributed by atoms with Crippen LogP contribution in [0.1, 0.15) is 25.3 Å². The number of aromatic nitrogens is 4. The number of rotatable bonds is 11. The monoisotopic (exact) mass is 553 g/mol. The fourth-order valence-corrected chi connectivity index (χ4v) is 4.36. The van der Waals surface area contributed by atoms with E-state index in [-0.39, 0.29) is 58.7 Å². The third-order valence-corrected chi connectivity index (χ3v) is 6.67. The molecule has 204 valence electrons. The van der Waals surface area contributed by atoms with Gasteiger partial charge < -0.3 is 24.3 Å². The molecule has 3 heterocycles. The lowest BCUT2D eigenvalue weighted by Gasteiger charge is -2.18. The van der Waals surface area contributed by atoms with Crippen molar-refractivity contribution >= 4 is 15.8 Å². The standard InChI is InChI=1S/C26H27N5O7S/c1-16(2)18-8-9-22(28-15-18)39(34,35)31-25-23(38-20-7-5-4-6-19(20)36-3)26(37-13-12-32)30-24(29-25)17-10-11-27-21(33)14-17/h4-11,14-16,32H,12-13H2,1-3H3,(H,27,33)(H,29,30,31). The molecule has 3 N–H and O–H groups in total. The fourth-order valence-electron chi connectivity index (χ4n) is 3.43. The molecule has 0 spiro atoms. The molecule has 0 amide bonds. The van der Waals surface area contributed by atoms with Crippen LogP contribution < -0.4 is 24.5 Å². The number of aliphatic hydroxyl groups is 1. The number of nitrogens with one attached hydrogen (secondary N) is 2. The highest BCUT2D eigenvalue weighted by atomic mass is 32.2. The number of hydrogen-bond acceptors (Lipinski definition) is 10. The second-order valence-electron chi connectivity index (χ2n) is 8.49. The van der Waals surface area contributed by atoms with E-state index in [9.17, 15) is 18.3 Å². The van der Waals surface area contributed by atoms with Crippen LogP contribution in [0.2, 0.25) is 0 Å². The third-order valence-electron chi connectivity index (χ3n) is 5.41. The first kappa shape index (κ1) is 27.5. The van der Waals surface area contributed by atoms with E-state index in [4.69, 9.17) is 14.2 Å². The van der Waals surface area contributed by atoms with Gasteiger partial charge in [0, 0.05) is 24.0 Å². The summed E-state index contributed by atoms with van der Waals surface area (Å²) in [6, 6.07) is 12.5. The van der Waals surface area contributed by atoms with Crippen molar-refractivity contribution in [3.05, 3.63) is 76.8 Å². The van der Waals surface area contributed by atoms with E-state index < -0.39 is 15.6 Å². The minimum atomic E-state index is -4.27. The largest absolute Gasteiger partial charge is 0.493 e. The normalized spacial score (nSPS) is 11.3. The van der Waals surface area contributed by atoms with E-state index in [0.29, 0.717) is 5.75 Å². The van der Waals surface area contributed by atoms with Crippen molar-refractivity contribution in [3.63, 3.8) is 0 Å². The molecule has 12 nitrogen and oxygen atoms in total. The molecule has 4 aromatic rings. The fraction of sp³-hybridized carbons (Fsp3) is 0.231. The summed E-state index contributed by atoms with van der Waals surface area (Å²) >= 11 is 0. The van der Waals surface area contributed by atoms with Gasteiger partial charge in [-0.3, -0.25) is 9.52 Å². The number of H-pyrrole nitrogens is 1. The lowest BCUT2D eigenvalue weighted by molar-refractivity contribution is 0.192. The molecule has 0 aliphatic carbocycles. The van der Waals surface area contributed by atoms with Gasteiger partial charge in [-0.2, -0.15) is 13.4 Å². The van der Waals surface area contributed by atoms with E-state index in [2.05, 4.69) is 24.7 Å². The van der Waals surface area contributed by atoms with Crippen molar-refractivity contribution in [2.75, 3.05) is 25.0 Å². The summed E-state index contributed by atoms with van der Waals surface area (Å²) in [6.07, 6.45) is 2.89. The van der Waals surface area contributed by atoms with Crippen LogP contribution in [0.3, 0.4) is 0 Å². The van der Waals surface area contributed by atoms with E-state index in [1.807, 2.05) is 13.8 Å². The number of anilines is 1. The summed E-state index contributed by atoms with van der Waals surface area (Å²) in [6.45, 7) is 3.40. The predicted octanol–water partition coefficient (Wildman–Crippen LogP) is 3.32. The van der Waals surface area contributed by atoms with Crippen molar-refractivity contribution in [1.29, 1.82) is 0 Å². The van der Waals surface area contributed by atoms with Crippen LogP contribution >= 0.6 is 0 Å². The number of aromatic amines is 1. The Hall–Kier alpha value is -4.49. The molecular weight excluding hydrogens is 526 g/mol. The summed E-state index contributed by atoms with van der Waals surface area (Å²) in [5.41, 5.74) is 0.739. The van der Waals surface area contributed by atoms with Crippen LogP contribution in [0, 0.1) is 0 Å². The van der Waals surface area contributed by atoms with Crippen molar-refractivity contribution in [1.82, 2.24) is 19.9 Å². The maximum atomic E-state index is 13.4. The second kappa shape index (κ2) is 11.9. The average molecular weight is 554 g/mol. The quantitative estimate of drug-likeness (QED) is 0.251. The molecule has 13 heteroatoms. The Kier molecular flexibility index (Phi) is 8.42. The molecule has 0 unspecified atom stereocenters. The Morgan fingerprint density at radius 2 is 1.85 bits per heavy atom. The molecule has 0 saturated heterocycles. The first-order chi connectivity index (χ1) is 18.7. The molecule has 0 aliphatic heterocycles. The van der Waals surface area contributed by atoms with Crippen molar-refractivity contribution in [2.24, 2.45) is 0 Å². The number of sulfonamides is 1. The third kappa shape index (κ3) is 6.51. The predicted molar refractivity (Wildman–Crippen MR) is 143 cm³/mol. The number of benzene rings is 1. The number of nitrogens with zero attached hydrogens (tertiary/aromatic N) is 3. The number of aliphatic hydroxyl groups excluding tert-OH is 1. The molecule has 0 bridgehead atoms. The number of hydrogen-bond donors (Lipinski definition) is 3. The Bertz CT molecular complexity index is 1610. The van der Waals surface area contributed by atoms with Crippen LogP contribution in [0.5, 0.6) is 23.1 Å². The highest BCUT2D eigenvalue weighted by Gasteiger charge is 2.26. The van der Waals surface area contributed by atoms with Gasteiger partial charge in [-0.1, -0.05) is 32.0 Å². The van der Waals surface area contributed by atoms with Gasteiger partial charge in [0.15, 0.2) is 28.2 Å². The molecule has 4 rings (SSSR count). The Balaban J connectivity index is 1.88. The highest BCUT2D eigenvalue weighted by molar-refractivity contribution is 7.92. The van der Waals surface area contributed by atoms with Crippen LogP contribution in [-0.2, 0) is 10.0 Å². The number of pyridine rings is 2. The van der Waals surface area contributed by atoms with E-state index >= 15 is 0 Å². The number of para-hydroxylation sites is 2. The van der Waals surface area contributed by atoms with Crippen molar-refractivity contribution in [2.45, 2.75) is 24.8 Å². The van der Waals surface area contributed by atoms with Gasteiger partial charge in [-0.05, 0) is 35.7 Å². The molecule has 0 aliphatic rings. The second-order valence-corrected chi connectivity index (χ2v) is 10.1. The maximum Gasteiger partial charge on any atom is 0.280 e. The van der Waals surface area contributed by atoms with Crippen LogP contribution in [-0.4, -0.2) is 53.8 Å².